The van der Waals surface area contributed by atoms with Crippen LogP contribution >= 0.6 is 0 Å². The molecule has 1 aliphatic heterocycles. The lowest BCUT2D eigenvalue weighted by Gasteiger charge is -2.35. The number of carbonyl (C=O) groups excluding carboxylic acids is 1. The monoisotopic (exact) mass is 436 g/mol. The van der Waals surface area contributed by atoms with E-state index < -0.39 is 9.84 Å². The van der Waals surface area contributed by atoms with E-state index >= 15 is 0 Å². The van der Waals surface area contributed by atoms with E-state index in [0.29, 0.717) is 18.7 Å². The van der Waals surface area contributed by atoms with Crippen molar-refractivity contribution in [1.82, 2.24) is 4.98 Å². The third kappa shape index (κ3) is 4.22. The van der Waals surface area contributed by atoms with Crippen LogP contribution in [0.15, 0.2) is 64.5 Å². The molecule has 5 nitrogen and oxygen atoms in total. The Morgan fingerprint density at radius 3 is 2.61 bits per heavy atom. The van der Waals surface area contributed by atoms with Gasteiger partial charge in [0.05, 0.1) is 16.1 Å². The second kappa shape index (κ2) is 8.79. The summed E-state index contributed by atoms with van der Waals surface area (Å²) in [6, 6.07) is 14.5. The number of sulfone groups is 1. The summed E-state index contributed by atoms with van der Waals surface area (Å²) in [6.45, 7) is 5.21. The fraction of sp³-hybridized carbons (Fsp3) is 0.360. The molecule has 31 heavy (non-hydrogen) atoms. The summed E-state index contributed by atoms with van der Waals surface area (Å²) in [6.07, 6.45) is 4.61. The molecule has 1 aliphatic rings. The topological polar surface area (TPSA) is 67.3 Å². The Morgan fingerprint density at radius 2 is 1.87 bits per heavy atom. The molecule has 3 aromatic rings. The Bertz CT molecular complexity index is 1200. The van der Waals surface area contributed by atoms with Gasteiger partial charge in [0.25, 0.3) is 0 Å². The van der Waals surface area contributed by atoms with E-state index in [9.17, 15) is 13.2 Å². The molecule has 2 aromatic carbocycles. The van der Waals surface area contributed by atoms with E-state index in [1.165, 1.54) is 6.20 Å². The normalized spacial score (nSPS) is 17.1. The standard InChI is InChI=1S/C25H28N2O3S/c1-3-7-23(28)19-8-6-15-27(17-19)25-21-9-4-5-10-22(21)26-16-24(25)31(29,30)20-13-11-18(2)12-14-20/h4-5,9-14,16,19H,3,6-8,15,17H2,1-2H3. The average Bonchev–Trinajstić information content (AvgIpc) is 2.79. The molecule has 1 atom stereocenters. The van der Waals surface area contributed by atoms with Gasteiger partial charge in [-0.1, -0.05) is 42.8 Å². The second-order valence-corrected chi connectivity index (χ2v) is 10.2. The van der Waals surface area contributed by atoms with Gasteiger partial charge in [-0.2, -0.15) is 0 Å². The van der Waals surface area contributed by atoms with Gasteiger partial charge in [0.15, 0.2) is 0 Å². The van der Waals surface area contributed by atoms with Crippen LogP contribution in [0.4, 0.5) is 5.69 Å². The Kier molecular flexibility index (Phi) is 6.10. The smallest absolute Gasteiger partial charge is 0.210 e. The van der Waals surface area contributed by atoms with Gasteiger partial charge in [-0.3, -0.25) is 9.78 Å². The number of fused-ring (bicyclic) bond motifs is 1. The molecule has 0 amide bonds. The molecule has 6 heteroatoms. The van der Waals surface area contributed by atoms with E-state index in [0.717, 1.165) is 42.3 Å². The lowest BCUT2D eigenvalue weighted by molar-refractivity contribution is -0.123. The van der Waals surface area contributed by atoms with E-state index in [1.54, 1.807) is 24.3 Å². The molecule has 2 heterocycles. The third-order valence-electron chi connectivity index (χ3n) is 6.02. The highest BCUT2D eigenvalue weighted by molar-refractivity contribution is 7.91. The fourth-order valence-corrected chi connectivity index (χ4v) is 5.80. The van der Waals surface area contributed by atoms with Gasteiger partial charge >= 0.3 is 0 Å². The molecule has 0 spiro atoms. The van der Waals surface area contributed by atoms with Crippen LogP contribution in [0.5, 0.6) is 0 Å². The maximum absolute atomic E-state index is 13.6. The SMILES string of the molecule is CCCC(=O)C1CCCN(c2c(S(=O)(=O)c3ccc(C)cc3)cnc3ccccc23)C1. The van der Waals surface area contributed by atoms with Crippen molar-refractivity contribution in [1.29, 1.82) is 0 Å². The highest BCUT2D eigenvalue weighted by Gasteiger charge is 2.31. The zero-order chi connectivity index (χ0) is 22.0. The van der Waals surface area contributed by atoms with Crippen molar-refractivity contribution in [2.24, 2.45) is 5.92 Å². The van der Waals surface area contributed by atoms with Crippen LogP contribution in [0.1, 0.15) is 38.2 Å². The molecule has 1 unspecified atom stereocenters. The number of carbonyl (C=O) groups is 1. The Morgan fingerprint density at radius 1 is 1.13 bits per heavy atom. The summed E-state index contributed by atoms with van der Waals surface area (Å²) in [5, 5.41) is 0.805. The minimum Gasteiger partial charge on any atom is -0.369 e. The zero-order valence-corrected chi connectivity index (χ0v) is 18.9. The number of pyridine rings is 1. The summed E-state index contributed by atoms with van der Waals surface area (Å²) in [7, 11) is -3.76. The number of anilines is 1. The summed E-state index contributed by atoms with van der Waals surface area (Å²) < 4.78 is 27.3. The maximum Gasteiger partial charge on any atom is 0.210 e. The van der Waals surface area contributed by atoms with Gasteiger partial charge < -0.3 is 4.90 Å². The molecular formula is C25H28N2O3S. The zero-order valence-electron chi connectivity index (χ0n) is 18.0. The molecule has 0 saturated carbocycles. The number of benzene rings is 2. The van der Waals surface area contributed by atoms with Crippen LogP contribution < -0.4 is 4.90 Å². The van der Waals surface area contributed by atoms with Crippen molar-refractivity contribution in [3.05, 3.63) is 60.3 Å². The molecule has 0 bridgehead atoms. The van der Waals surface area contributed by atoms with Crippen LogP contribution in [-0.4, -0.2) is 32.3 Å². The number of para-hydroxylation sites is 1. The number of aromatic nitrogens is 1. The van der Waals surface area contributed by atoms with Crippen molar-refractivity contribution in [2.75, 3.05) is 18.0 Å². The van der Waals surface area contributed by atoms with Gasteiger partial charge in [0, 0.05) is 37.0 Å². The van der Waals surface area contributed by atoms with E-state index in [4.69, 9.17) is 0 Å². The summed E-state index contributed by atoms with van der Waals surface area (Å²) in [5.41, 5.74) is 2.42. The average molecular weight is 437 g/mol. The highest BCUT2D eigenvalue weighted by atomic mass is 32.2. The number of ketones is 1. The first-order valence-electron chi connectivity index (χ1n) is 10.9. The van der Waals surface area contributed by atoms with Crippen LogP contribution in [0.2, 0.25) is 0 Å². The van der Waals surface area contributed by atoms with E-state index in [2.05, 4.69) is 9.88 Å². The Labute approximate surface area is 184 Å². The first-order valence-corrected chi connectivity index (χ1v) is 12.4. The first-order chi connectivity index (χ1) is 14.9. The van der Waals surface area contributed by atoms with Crippen molar-refractivity contribution in [2.45, 2.75) is 49.3 Å². The van der Waals surface area contributed by atoms with Crippen molar-refractivity contribution in [3.8, 4) is 0 Å². The molecule has 0 N–H and O–H groups in total. The van der Waals surface area contributed by atoms with Gasteiger partial charge in [0.1, 0.15) is 10.7 Å². The first kappa shape index (κ1) is 21.5. The van der Waals surface area contributed by atoms with Crippen LogP contribution in [-0.2, 0) is 14.6 Å². The van der Waals surface area contributed by atoms with Crippen LogP contribution in [0, 0.1) is 12.8 Å². The minimum absolute atomic E-state index is 0.0597. The van der Waals surface area contributed by atoms with Gasteiger partial charge in [-0.25, -0.2) is 8.42 Å². The molecule has 162 valence electrons. The fourth-order valence-electron chi connectivity index (χ4n) is 4.37. The molecular weight excluding hydrogens is 408 g/mol. The van der Waals surface area contributed by atoms with Crippen molar-refractivity contribution < 1.29 is 13.2 Å². The van der Waals surface area contributed by atoms with Crippen molar-refractivity contribution in [3.63, 3.8) is 0 Å². The number of aryl methyl sites for hydroxylation is 1. The minimum atomic E-state index is -3.76. The largest absolute Gasteiger partial charge is 0.369 e. The molecule has 1 aromatic heterocycles. The third-order valence-corrected chi connectivity index (χ3v) is 7.79. The summed E-state index contributed by atoms with van der Waals surface area (Å²) >= 11 is 0. The van der Waals surface area contributed by atoms with E-state index in [1.807, 2.05) is 38.1 Å². The Balaban J connectivity index is 1.85. The number of rotatable bonds is 6. The molecule has 0 radical (unpaired) electrons. The highest BCUT2D eigenvalue weighted by Crippen LogP contribution is 2.38. The predicted molar refractivity (Wildman–Crippen MR) is 123 cm³/mol. The van der Waals surface area contributed by atoms with Gasteiger partial charge in [-0.05, 0) is 44.4 Å². The second-order valence-electron chi connectivity index (χ2n) is 8.31. The molecule has 0 aliphatic carbocycles. The lowest BCUT2D eigenvalue weighted by Crippen LogP contribution is -2.39. The summed E-state index contributed by atoms with van der Waals surface area (Å²) in [4.78, 5) is 19.6. The van der Waals surface area contributed by atoms with Gasteiger partial charge in [0.2, 0.25) is 9.84 Å². The molecule has 4 rings (SSSR count). The van der Waals surface area contributed by atoms with Gasteiger partial charge in [-0.15, -0.1) is 0 Å². The summed E-state index contributed by atoms with van der Waals surface area (Å²) in [5.74, 6) is 0.212. The number of hydrogen-bond donors (Lipinski definition) is 0. The van der Waals surface area contributed by atoms with Crippen molar-refractivity contribution >= 4 is 32.2 Å². The van der Waals surface area contributed by atoms with Crippen LogP contribution in [0.25, 0.3) is 10.9 Å². The molecule has 1 saturated heterocycles. The lowest BCUT2D eigenvalue weighted by atomic mass is 9.91. The number of piperidine rings is 1. The maximum atomic E-state index is 13.6. The quantitative estimate of drug-likeness (QED) is 0.546. The number of hydrogen-bond acceptors (Lipinski definition) is 5. The predicted octanol–water partition coefficient (Wildman–Crippen LogP) is 4.96. The number of nitrogens with zero attached hydrogens (tertiary/aromatic N) is 2. The number of Topliss-reactive ketones (excluding diaryl/α,β-unsaturated/α-hetero) is 1. The molecule has 1 fully saturated rings. The Hall–Kier alpha value is -2.73. The van der Waals surface area contributed by atoms with Crippen LogP contribution in [0.3, 0.4) is 0 Å². The van der Waals surface area contributed by atoms with E-state index in [-0.39, 0.29) is 21.5 Å².